The number of rotatable bonds is 2. The maximum atomic E-state index is 11.4. The highest BCUT2D eigenvalue weighted by Crippen LogP contribution is 2.35. The number of hydrogen-bond acceptors (Lipinski definition) is 5. The summed E-state index contributed by atoms with van der Waals surface area (Å²) in [5.74, 6) is 0.396. The molecule has 0 bridgehead atoms. The van der Waals surface area contributed by atoms with Crippen molar-refractivity contribution in [3.05, 3.63) is 29.0 Å². The maximum absolute atomic E-state index is 11.4. The summed E-state index contributed by atoms with van der Waals surface area (Å²) in [5, 5.41) is 0. The molecule has 2 aromatic rings. The molecule has 2 N–H and O–H groups in total. The molecule has 4 nitrogen and oxygen atoms in total. The average Bonchev–Trinajstić information content (AvgIpc) is 2.83. The Labute approximate surface area is 96.6 Å². The van der Waals surface area contributed by atoms with Crippen LogP contribution in [0.4, 0.5) is 5.69 Å². The number of esters is 1. The molecule has 0 aromatic carbocycles. The number of hydrogen-bond donors (Lipinski definition) is 1. The van der Waals surface area contributed by atoms with Crippen LogP contribution in [0.5, 0.6) is 0 Å². The molecule has 0 amide bonds. The van der Waals surface area contributed by atoms with Crippen molar-refractivity contribution >= 4 is 23.0 Å². The van der Waals surface area contributed by atoms with Crippen LogP contribution >= 0.6 is 11.3 Å². The summed E-state index contributed by atoms with van der Waals surface area (Å²) in [4.78, 5) is 12.7. The van der Waals surface area contributed by atoms with Gasteiger partial charge in [-0.15, -0.1) is 11.3 Å². The fraction of sp³-hybridized carbons (Fsp3) is 0.182. The highest BCUT2D eigenvalue weighted by molar-refractivity contribution is 7.18. The highest BCUT2D eigenvalue weighted by Gasteiger charge is 2.17. The van der Waals surface area contributed by atoms with E-state index in [0.717, 1.165) is 16.2 Å². The summed E-state index contributed by atoms with van der Waals surface area (Å²) in [6.45, 7) is 1.86. The molecular formula is C11H11NO3S. The van der Waals surface area contributed by atoms with E-state index in [2.05, 4.69) is 4.74 Å². The fourth-order valence-corrected chi connectivity index (χ4v) is 2.50. The zero-order valence-electron chi connectivity index (χ0n) is 8.94. The third kappa shape index (κ3) is 1.69. The number of nitrogen functional groups attached to an aromatic ring is 1. The van der Waals surface area contributed by atoms with Gasteiger partial charge >= 0.3 is 5.97 Å². The lowest BCUT2D eigenvalue weighted by Gasteiger charge is -1.94. The van der Waals surface area contributed by atoms with Gasteiger partial charge in [-0.05, 0) is 19.1 Å². The first-order valence-electron chi connectivity index (χ1n) is 4.65. The largest absolute Gasteiger partial charge is 0.469 e. The van der Waals surface area contributed by atoms with Gasteiger partial charge in [0.1, 0.15) is 10.6 Å². The Morgan fingerprint density at radius 3 is 2.88 bits per heavy atom. The minimum absolute atomic E-state index is 0.408. The van der Waals surface area contributed by atoms with Crippen LogP contribution in [0.15, 0.2) is 22.8 Å². The second-order valence-electron chi connectivity index (χ2n) is 3.28. The molecule has 0 unspecified atom stereocenters. The Morgan fingerprint density at radius 1 is 1.56 bits per heavy atom. The zero-order valence-corrected chi connectivity index (χ0v) is 9.76. The van der Waals surface area contributed by atoms with Gasteiger partial charge in [0, 0.05) is 10.4 Å². The summed E-state index contributed by atoms with van der Waals surface area (Å²) in [6, 6.07) is 3.61. The number of carbonyl (C=O) groups is 1. The lowest BCUT2D eigenvalue weighted by molar-refractivity contribution is 0.0607. The fourth-order valence-electron chi connectivity index (χ4n) is 1.43. The predicted octanol–water partition coefficient (Wildman–Crippen LogP) is 2.69. The van der Waals surface area contributed by atoms with E-state index in [0.29, 0.717) is 10.6 Å². The molecule has 0 fully saturated rings. The first-order valence-corrected chi connectivity index (χ1v) is 5.47. The first-order chi connectivity index (χ1) is 7.63. The number of furan rings is 1. The Bertz CT molecular complexity index is 527. The van der Waals surface area contributed by atoms with Crippen molar-refractivity contribution in [3.8, 4) is 10.4 Å². The van der Waals surface area contributed by atoms with E-state index in [1.807, 2.05) is 13.0 Å². The molecule has 5 heteroatoms. The summed E-state index contributed by atoms with van der Waals surface area (Å²) < 4.78 is 9.85. The van der Waals surface area contributed by atoms with Gasteiger partial charge in [0.15, 0.2) is 0 Å². The molecule has 0 radical (unpaired) electrons. The van der Waals surface area contributed by atoms with Crippen LogP contribution in [0, 0.1) is 6.92 Å². The molecule has 0 aliphatic heterocycles. The van der Waals surface area contributed by atoms with E-state index in [-0.39, 0.29) is 0 Å². The normalized spacial score (nSPS) is 10.4. The molecule has 0 spiro atoms. The average molecular weight is 237 g/mol. The number of carbonyl (C=O) groups excluding carboxylic acids is 1. The molecule has 2 aromatic heterocycles. The van der Waals surface area contributed by atoms with Crippen LogP contribution in [0.25, 0.3) is 10.4 Å². The SMILES string of the molecule is COC(=O)c1sc(-c2ccoc2C)cc1N. The lowest BCUT2D eigenvalue weighted by atomic mass is 10.2. The minimum atomic E-state index is -0.408. The number of thiophene rings is 1. The molecule has 0 aliphatic carbocycles. The van der Waals surface area contributed by atoms with Gasteiger partial charge < -0.3 is 14.9 Å². The van der Waals surface area contributed by atoms with Crippen molar-refractivity contribution in [2.24, 2.45) is 0 Å². The van der Waals surface area contributed by atoms with Crippen LogP contribution in [-0.2, 0) is 4.74 Å². The summed E-state index contributed by atoms with van der Waals surface area (Å²) in [6.07, 6.45) is 1.61. The van der Waals surface area contributed by atoms with Gasteiger partial charge in [-0.1, -0.05) is 0 Å². The van der Waals surface area contributed by atoms with Crippen molar-refractivity contribution in [3.63, 3.8) is 0 Å². The Balaban J connectivity index is 2.46. The van der Waals surface area contributed by atoms with E-state index in [9.17, 15) is 4.79 Å². The quantitative estimate of drug-likeness (QED) is 0.815. The van der Waals surface area contributed by atoms with Crippen molar-refractivity contribution in [1.82, 2.24) is 0 Å². The third-order valence-electron chi connectivity index (χ3n) is 2.26. The van der Waals surface area contributed by atoms with E-state index >= 15 is 0 Å². The van der Waals surface area contributed by atoms with Crippen molar-refractivity contribution in [2.75, 3.05) is 12.8 Å². The lowest BCUT2D eigenvalue weighted by Crippen LogP contribution is -2.00. The Morgan fingerprint density at radius 2 is 2.31 bits per heavy atom. The highest BCUT2D eigenvalue weighted by atomic mass is 32.1. The van der Waals surface area contributed by atoms with Gasteiger partial charge in [0.2, 0.25) is 0 Å². The van der Waals surface area contributed by atoms with E-state index < -0.39 is 5.97 Å². The van der Waals surface area contributed by atoms with E-state index in [4.69, 9.17) is 10.2 Å². The monoisotopic (exact) mass is 237 g/mol. The van der Waals surface area contributed by atoms with Gasteiger partial charge in [-0.25, -0.2) is 4.79 Å². The zero-order chi connectivity index (χ0) is 11.7. The van der Waals surface area contributed by atoms with Crippen LogP contribution in [0.3, 0.4) is 0 Å². The number of aryl methyl sites for hydroxylation is 1. The first kappa shape index (κ1) is 10.8. The molecule has 0 saturated heterocycles. The maximum Gasteiger partial charge on any atom is 0.350 e. The van der Waals surface area contributed by atoms with Crippen molar-refractivity contribution < 1.29 is 13.9 Å². The van der Waals surface area contributed by atoms with E-state index in [1.165, 1.54) is 18.4 Å². The molecule has 2 rings (SSSR count). The van der Waals surface area contributed by atoms with Crippen LogP contribution in [-0.4, -0.2) is 13.1 Å². The second-order valence-corrected chi connectivity index (χ2v) is 4.33. The summed E-state index contributed by atoms with van der Waals surface area (Å²) in [5.41, 5.74) is 7.14. The molecule has 16 heavy (non-hydrogen) atoms. The Hall–Kier alpha value is -1.75. The second kappa shape index (κ2) is 4.02. The molecular weight excluding hydrogens is 226 g/mol. The van der Waals surface area contributed by atoms with Crippen molar-refractivity contribution in [1.29, 1.82) is 0 Å². The van der Waals surface area contributed by atoms with Crippen LogP contribution < -0.4 is 5.73 Å². The number of ether oxygens (including phenoxy) is 1. The summed E-state index contributed by atoms with van der Waals surface area (Å²) in [7, 11) is 1.34. The number of methoxy groups -OCH3 is 1. The molecule has 0 aliphatic rings. The summed E-state index contributed by atoms with van der Waals surface area (Å²) >= 11 is 1.30. The minimum Gasteiger partial charge on any atom is -0.469 e. The molecule has 84 valence electrons. The Kier molecular flexibility index (Phi) is 2.70. The van der Waals surface area contributed by atoms with Crippen LogP contribution in [0.2, 0.25) is 0 Å². The topological polar surface area (TPSA) is 65.5 Å². The predicted molar refractivity (Wildman–Crippen MR) is 62.5 cm³/mol. The number of nitrogens with two attached hydrogens (primary N) is 1. The van der Waals surface area contributed by atoms with Gasteiger partial charge in [0.25, 0.3) is 0 Å². The van der Waals surface area contributed by atoms with Gasteiger partial charge in [-0.3, -0.25) is 0 Å². The van der Waals surface area contributed by atoms with Gasteiger partial charge in [0.05, 0.1) is 19.1 Å². The van der Waals surface area contributed by atoms with Gasteiger partial charge in [-0.2, -0.15) is 0 Å². The van der Waals surface area contributed by atoms with E-state index in [1.54, 1.807) is 12.3 Å². The molecule has 0 saturated carbocycles. The standard InChI is InChI=1S/C11H11NO3S/c1-6-7(3-4-15-6)9-5-8(12)10(16-9)11(13)14-2/h3-5H,12H2,1-2H3. The smallest absolute Gasteiger partial charge is 0.350 e. The molecule has 0 atom stereocenters. The molecule has 2 heterocycles. The third-order valence-corrected chi connectivity index (χ3v) is 3.42. The van der Waals surface area contributed by atoms with Crippen molar-refractivity contribution in [2.45, 2.75) is 6.92 Å². The number of anilines is 1. The van der Waals surface area contributed by atoms with Crippen LogP contribution in [0.1, 0.15) is 15.4 Å².